The van der Waals surface area contributed by atoms with Crippen molar-refractivity contribution in [3.8, 4) is 22.9 Å². The summed E-state index contributed by atoms with van der Waals surface area (Å²) >= 11 is 0. The van der Waals surface area contributed by atoms with Crippen LogP contribution in [0.4, 0.5) is 5.69 Å². The molecule has 0 bridgehead atoms. The van der Waals surface area contributed by atoms with E-state index in [9.17, 15) is 15.2 Å². The molecule has 0 spiro atoms. The number of aromatic hydroxyl groups is 1. The van der Waals surface area contributed by atoms with E-state index in [0.29, 0.717) is 11.1 Å². The van der Waals surface area contributed by atoms with Crippen LogP contribution in [0.25, 0.3) is 11.1 Å². The highest BCUT2D eigenvalue weighted by Gasteiger charge is 2.16. The van der Waals surface area contributed by atoms with E-state index in [1.54, 1.807) is 12.1 Å². The molecule has 18 heavy (non-hydrogen) atoms. The Balaban J connectivity index is 2.60. The third kappa shape index (κ3) is 2.13. The minimum atomic E-state index is -0.525. The SMILES string of the molecule is N#Cc1ccc(-c2ccc(O)cc2)c([N+](=O)[O-])c1. The number of nitriles is 1. The van der Waals surface area contributed by atoms with Crippen molar-refractivity contribution in [1.29, 1.82) is 5.26 Å². The van der Waals surface area contributed by atoms with E-state index in [0.717, 1.165) is 0 Å². The van der Waals surface area contributed by atoms with E-state index in [1.165, 1.54) is 30.3 Å². The molecule has 5 heteroatoms. The molecule has 0 saturated carbocycles. The molecule has 0 aliphatic carbocycles. The number of nitro groups is 1. The lowest BCUT2D eigenvalue weighted by Crippen LogP contribution is -1.93. The summed E-state index contributed by atoms with van der Waals surface area (Å²) in [5, 5.41) is 28.9. The summed E-state index contributed by atoms with van der Waals surface area (Å²) in [6.07, 6.45) is 0. The molecule has 0 amide bonds. The Morgan fingerprint density at radius 2 is 1.83 bits per heavy atom. The van der Waals surface area contributed by atoms with E-state index >= 15 is 0 Å². The second-order valence-corrected chi connectivity index (χ2v) is 3.65. The number of benzene rings is 2. The van der Waals surface area contributed by atoms with Crippen LogP contribution in [-0.4, -0.2) is 10.0 Å². The highest BCUT2D eigenvalue weighted by molar-refractivity contribution is 5.74. The van der Waals surface area contributed by atoms with Crippen LogP contribution in [-0.2, 0) is 0 Å². The number of hydrogen-bond donors (Lipinski definition) is 1. The Hall–Kier alpha value is -2.87. The van der Waals surface area contributed by atoms with Crippen LogP contribution in [0.2, 0.25) is 0 Å². The zero-order valence-electron chi connectivity index (χ0n) is 9.20. The molecule has 0 atom stereocenters. The van der Waals surface area contributed by atoms with Crippen LogP contribution in [0, 0.1) is 21.4 Å². The minimum absolute atomic E-state index is 0.0926. The number of phenolic OH excluding ortho intramolecular Hbond substituents is 1. The van der Waals surface area contributed by atoms with Crippen LogP contribution in [0.1, 0.15) is 5.56 Å². The summed E-state index contributed by atoms with van der Waals surface area (Å²) in [5.74, 6) is 0.0926. The van der Waals surface area contributed by atoms with Crippen LogP contribution < -0.4 is 0 Å². The lowest BCUT2D eigenvalue weighted by atomic mass is 10.0. The van der Waals surface area contributed by atoms with Crippen molar-refractivity contribution in [1.82, 2.24) is 0 Å². The summed E-state index contributed by atoms with van der Waals surface area (Å²) in [6, 6.07) is 12.2. The molecule has 1 N–H and O–H groups in total. The molecule has 88 valence electrons. The van der Waals surface area contributed by atoms with Gasteiger partial charge in [0.25, 0.3) is 5.69 Å². The Kier molecular flexibility index (Phi) is 2.94. The number of rotatable bonds is 2. The fourth-order valence-electron chi connectivity index (χ4n) is 1.64. The van der Waals surface area contributed by atoms with Crippen LogP contribution in [0.15, 0.2) is 42.5 Å². The average Bonchev–Trinajstić information content (AvgIpc) is 2.39. The molecule has 2 rings (SSSR count). The predicted octanol–water partition coefficient (Wildman–Crippen LogP) is 2.84. The molecule has 0 saturated heterocycles. The summed E-state index contributed by atoms with van der Waals surface area (Å²) < 4.78 is 0. The molecule has 0 fully saturated rings. The van der Waals surface area contributed by atoms with Crippen LogP contribution in [0.3, 0.4) is 0 Å². The first kappa shape index (κ1) is 11.6. The van der Waals surface area contributed by atoms with Crippen molar-refractivity contribution in [2.45, 2.75) is 0 Å². The summed E-state index contributed by atoms with van der Waals surface area (Å²) in [4.78, 5) is 10.5. The van der Waals surface area contributed by atoms with E-state index in [-0.39, 0.29) is 17.0 Å². The second-order valence-electron chi connectivity index (χ2n) is 3.65. The van der Waals surface area contributed by atoms with Gasteiger partial charge in [0.2, 0.25) is 0 Å². The first-order chi connectivity index (χ1) is 8.61. The van der Waals surface area contributed by atoms with Gasteiger partial charge >= 0.3 is 0 Å². The molecule has 0 aromatic heterocycles. The zero-order valence-corrected chi connectivity index (χ0v) is 9.20. The number of nitrogens with zero attached hydrogens (tertiary/aromatic N) is 2. The van der Waals surface area contributed by atoms with Gasteiger partial charge in [0, 0.05) is 6.07 Å². The fourth-order valence-corrected chi connectivity index (χ4v) is 1.64. The third-order valence-electron chi connectivity index (χ3n) is 2.50. The van der Waals surface area contributed by atoms with Gasteiger partial charge < -0.3 is 5.11 Å². The van der Waals surface area contributed by atoms with E-state index in [1.807, 2.05) is 6.07 Å². The number of hydrogen-bond acceptors (Lipinski definition) is 4. The van der Waals surface area contributed by atoms with E-state index in [2.05, 4.69) is 0 Å². The maximum atomic E-state index is 11.0. The van der Waals surface area contributed by atoms with Crippen LogP contribution in [0.5, 0.6) is 5.75 Å². The molecular weight excluding hydrogens is 232 g/mol. The molecule has 2 aromatic rings. The summed E-state index contributed by atoms with van der Waals surface area (Å²) in [6.45, 7) is 0. The quantitative estimate of drug-likeness (QED) is 0.645. The maximum absolute atomic E-state index is 11.0. The first-order valence-electron chi connectivity index (χ1n) is 5.10. The Morgan fingerprint density at radius 1 is 1.17 bits per heavy atom. The van der Waals surface area contributed by atoms with E-state index in [4.69, 9.17) is 5.26 Å². The van der Waals surface area contributed by atoms with Gasteiger partial charge in [-0.25, -0.2) is 0 Å². The lowest BCUT2D eigenvalue weighted by Gasteiger charge is -2.03. The molecule has 2 aromatic carbocycles. The van der Waals surface area contributed by atoms with Gasteiger partial charge in [-0.2, -0.15) is 5.26 Å². The van der Waals surface area contributed by atoms with Crippen molar-refractivity contribution in [3.63, 3.8) is 0 Å². The van der Waals surface area contributed by atoms with Crippen LogP contribution >= 0.6 is 0 Å². The van der Waals surface area contributed by atoms with Gasteiger partial charge in [-0.15, -0.1) is 0 Å². The standard InChI is InChI=1S/C13H8N2O3/c14-8-9-1-6-12(13(7-9)15(17)18)10-2-4-11(16)5-3-10/h1-7,16H. The molecule has 0 aliphatic heterocycles. The number of nitro benzene ring substituents is 1. The largest absolute Gasteiger partial charge is 0.508 e. The molecule has 0 aliphatic rings. The Bertz CT molecular complexity index is 642. The van der Waals surface area contributed by atoms with Gasteiger partial charge in [0.1, 0.15) is 5.75 Å². The third-order valence-corrected chi connectivity index (χ3v) is 2.50. The fraction of sp³-hybridized carbons (Fsp3) is 0. The predicted molar refractivity (Wildman–Crippen MR) is 64.9 cm³/mol. The molecule has 5 nitrogen and oxygen atoms in total. The minimum Gasteiger partial charge on any atom is -0.508 e. The lowest BCUT2D eigenvalue weighted by molar-refractivity contribution is -0.384. The molecular formula is C13H8N2O3. The van der Waals surface area contributed by atoms with Crippen molar-refractivity contribution >= 4 is 5.69 Å². The molecule has 0 radical (unpaired) electrons. The van der Waals surface area contributed by atoms with Crippen molar-refractivity contribution in [3.05, 3.63) is 58.1 Å². The van der Waals surface area contributed by atoms with Crippen molar-refractivity contribution < 1.29 is 10.0 Å². The van der Waals surface area contributed by atoms with Gasteiger partial charge in [-0.3, -0.25) is 10.1 Å². The van der Waals surface area contributed by atoms with Gasteiger partial charge in [0.15, 0.2) is 0 Å². The Labute approximate surface area is 103 Å². The normalized spacial score (nSPS) is 9.72. The smallest absolute Gasteiger partial charge is 0.278 e. The van der Waals surface area contributed by atoms with Gasteiger partial charge in [-0.05, 0) is 29.8 Å². The van der Waals surface area contributed by atoms with Gasteiger partial charge in [0.05, 0.1) is 22.1 Å². The highest BCUT2D eigenvalue weighted by atomic mass is 16.6. The first-order valence-corrected chi connectivity index (χ1v) is 5.10. The monoisotopic (exact) mass is 240 g/mol. The Morgan fingerprint density at radius 3 is 2.39 bits per heavy atom. The average molecular weight is 240 g/mol. The second kappa shape index (κ2) is 4.55. The van der Waals surface area contributed by atoms with Gasteiger partial charge in [-0.1, -0.05) is 12.1 Å². The van der Waals surface area contributed by atoms with E-state index < -0.39 is 4.92 Å². The topological polar surface area (TPSA) is 87.2 Å². The highest BCUT2D eigenvalue weighted by Crippen LogP contribution is 2.31. The summed E-state index contributed by atoms with van der Waals surface area (Å²) in [5.41, 5.74) is 1.15. The van der Waals surface area contributed by atoms with Crippen molar-refractivity contribution in [2.24, 2.45) is 0 Å². The molecule has 0 heterocycles. The molecule has 0 unspecified atom stereocenters. The van der Waals surface area contributed by atoms with Crippen molar-refractivity contribution in [2.75, 3.05) is 0 Å². The maximum Gasteiger partial charge on any atom is 0.278 e. The summed E-state index contributed by atoms with van der Waals surface area (Å²) in [7, 11) is 0. The number of phenols is 1. The zero-order chi connectivity index (χ0) is 13.1.